The lowest BCUT2D eigenvalue weighted by atomic mass is 9.88. The number of hydrogen-bond acceptors (Lipinski definition) is 3. The zero-order valence-corrected chi connectivity index (χ0v) is 20.9. The van der Waals surface area contributed by atoms with Crippen LogP contribution in [0.1, 0.15) is 59.8 Å². The number of halogens is 3. The number of carboxylic acid groups (broad SMARTS) is 1. The molecule has 0 saturated heterocycles. The average Bonchev–Trinajstić information content (AvgIpc) is 2.83. The third-order valence-corrected chi connectivity index (χ3v) is 5.93. The maximum Gasteiger partial charge on any atom is 0.417 e. The van der Waals surface area contributed by atoms with Gasteiger partial charge in [-0.3, -0.25) is 9.59 Å². The summed E-state index contributed by atoms with van der Waals surface area (Å²) in [7, 11) is 0. The van der Waals surface area contributed by atoms with Crippen molar-refractivity contribution in [2.24, 2.45) is 5.92 Å². The van der Waals surface area contributed by atoms with Crippen molar-refractivity contribution in [1.82, 2.24) is 5.32 Å². The molecule has 0 aromatic heterocycles. The molecule has 8 heteroatoms. The lowest BCUT2D eigenvalue weighted by Gasteiger charge is -2.26. The van der Waals surface area contributed by atoms with Crippen LogP contribution in [0.3, 0.4) is 0 Å². The molecule has 1 atom stereocenters. The molecule has 5 nitrogen and oxygen atoms in total. The predicted molar refractivity (Wildman–Crippen MR) is 135 cm³/mol. The molecule has 2 N–H and O–H groups in total. The van der Waals surface area contributed by atoms with Gasteiger partial charge in [-0.15, -0.1) is 0 Å². The number of amides is 1. The first-order chi connectivity index (χ1) is 17.5. The van der Waals surface area contributed by atoms with Crippen LogP contribution in [0, 0.1) is 12.8 Å². The third-order valence-electron chi connectivity index (χ3n) is 5.93. The molecule has 1 amide bonds. The molecule has 0 saturated carbocycles. The molecule has 0 aliphatic carbocycles. The summed E-state index contributed by atoms with van der Waals surface area (Å²) in [5, 5.41) is 11.2. The smallest absolute Gasteiger partial charge is 0.417 e. The van der Waals surface area contributed by atoms with Crippen molar-refractivity contribution in [2.75, 3.05) is 6.54 Å². The SMILES string of the molecule is Cc1c(C(CC(C)C)Oc2ccc(C(=O)NCCC(=O)O)cc2)ccc(-c2ccccc2)c1C(F)(F)F. The third kappa shape index (κ3) is 7.35. The first kappa shape index (κ1) is 27.8. The molecule has 0 radical (unpaired) electrons. The number of carbonyl (C=O) groups excluding carboxylic acids is 1. The number of hydrogen-bond donors (Lipinski definition) is 2. The first-order valence-corrected chi connectivity index (χ1v) is 12.0. The van der Waals surface area contributed by atoms with Gasteiger partial charge in [-0.05, 0) is 65.8 Å². The minimum absolute atomic E-state index is 0.00265. The molecule has 0 heterocycles. The zero-order chi connectivity index (χ0) is 27.2. The molecule has 0 aliphatic heterocycles. The average molecular weight is 514 g/mol. The van der Waals surface area contributed by atoms with Gasteiger partial charge in [0, 0.05) is 12.1 Å². The number of ether oxygens (including phenoxy) is 1. The largest absolute Gasteiger partial charge is 0.486 e. The van der Waals surface area contributed by atoms with Gasteiger partial charge in [0.2, 0.25) is 0 Å². The number of alkyl halides is 3. The molecule has 196 valence electrons. The van der Waals surface area contributed by atoms with Gasteiger partial charge in [0.15, 0.2) is 0 Å². The first-order valence-electron chi connectivity index (χ1n) is 12.0. The summed E-state index contributed by atoms with van der Waals surface area (Å²) < 4.78 is 49.0. The van der Waals surface area contributed by atoms with E-state index in [-0.39, 0.29) is 30.0 Å². The van der Waals surface area contributed by atoms with Gasteiger partial charge in [0.25, 0.3) is 5.91 Å². The standard InChI is InChI=1S/C29H30F3NO4/c1-18(2)17-25(37-22-11-9-21(10-12-22)28(36)33-16-15-26(34)35)23-13-14-24(20-7-5-4-6-8-20)27(19(23)3)29(30,31)32/h4-14,18,25H,15-17H2,1-3H3,(H,33,36)(H,34,35). The monoisotopic (exact) mass is 513 g/mol. The van der Waals surface area contributed by atoms with E-state index in [1.54, 1.807) is 48.5 Å². The Balaban J connectivity index is 1.91. The van der Waals surface area contributed by atoms with Crippen molar-refractivity contribution in [2.45, 2.75) is 45.9 Å². The van der Waals surface area contributed by atoms with Crippen molar-refractivity contribution in [3.8, 4) is 16.9 Å². The minimum Gasteiger partial charge on any atom is -0.486 e. The van der Waals surface area contributed by atoms with Gasteiger partial charge in [-0.2, -0.15) is 13.2 Å². The Labute approximate surface area is 214 Å². The summed E-state index contributed by atoms with van der Waals surface area (Å²) in [5.74, 6) is -0.880. The van der Waals surface area contributed by atoms with Crippen molar-refractivity contribution in [3.05, 3.63) is 89.0 Å². The van der Waals surface area contributed by atoms with E-state index < -0.39 is 29.7 Å². The van der Waals surface area contributed by atoms with E-state index in [9.17, 15) is 22.8 Å². The number of benzene rings is 3. The highest BCUT2D eigenvalue weighted by Crippen LogP contribution is 2.43. The number of carboxylic acids is 1. The van der Waals surface area contributed by atoms with Crippen LogP contribution in [0.5, 0.6) is 5.75 Å². The van der Waals surface area contributed by atoms with E-state index in [0.717, 1.165) is 0 Å². The van der Waals surface area contributed by atoms with E-state index in [2.05, 4.69) is 5.32 Å². The molecule has 37 heavy (non-hydrogen) atoms. The number of rotatable bonds is 10. The molecule has 3 aromatic carbocycles. The second-order valence-corrected chi connectivity index (χ2v) is 9.23. The molecule has 0 spiro atoms. The number of nitrogens with one attached hydrogen (secondary N) is 1. The van der Waals surface area contributed by atoms with Gasteiger partial charge in [0.1, 0.15) is 11.9 Å². The van der Waals surface area contributed by atoms with Gasteiger partial charge in [0.05, 0.1) is 12.0 Å². The summed E-state index contributed by atoms with van der Waals surface area (Å²) in [6.45, 7) is 5.42. The summed E-state index contributed by atoms with van der Waals surface area (Å²) >= 11 is 0. The van der Waals surface area contributed by atoms with Crippen LogP contribution >= 0.6 is 0 Å². The van der Waals surface area contributed by atoms with Gasteiger partial charge in [-0.1, -0.05) is 56.3 Å². The molecular formula is C29H30F3NO4. The predicted octanol–water partition coefficient (Wildman–Crippen LogP) is 7.05. The summed E-state index contributed by atoms with van der Waals surface area (Å²) in [4.78, 5) is 22.8. The van der Waals surface area contributed by atoms with Crippen molar-refractivity contribution < 1.29 is 32.6 Å². The zero-order valence-electron chi connectivity index (χ0n) is 20.9. The van der Waals surface area contributed by atoms with Crippen LogP contribution in [0.2, 0.25) is 0 Å². The van der Waals surface area contributed by atoms with Crippen LogP contribution in [0.4, 0.5) is 13.2 Å². The second-order valence-electron chi connectivity index (χ2n) is 9.23. The topological polar surface area (TPSA) is 75.6 Å². The highest BCUT2D eigenvalue weighted by molar-refractivity contribution is 5.94. The maximum atomic E-state index is 14.3. The van der Waals surface area contributed by atoms with Crippen molar-refractivity contribution in [1.29, 1.82) is 0 Å². The molecule has 3 rings (SSSR count). The highest BCUT2D eigenvalue weighted by Gasteiger charge is 2.37. The second kappa shape index (κ2) is 12.0. The van der Waals surface area contributed by atoms with Crippen LogP contribution in [-0.2, 0) is 11.0 Å². The van der Waals surface area contributed by atoms with Gasteiger partial charge in [-0.25, -0.2) is 0 Å². The van der Waals surface area contributed by atoms with E-state index in [1.165, 1.54) is 25.1 Å². The summed E-state index contributed by atoms with van der Waals surface area (Å²) in [5.41, 5.74) is 0.826. The Morgan fingerprint density at radius 1 is 0.973 bits per heavy atom. The van der Waals surface area contributed by atoms with Crippen LogP contribution in [0.15, 0.2) is 66.7 Å². The molecule has 0 fully saturated rings. The Morgan fingerprint density at radius 2 is 1.62 bits per heavy atom. The summed E-state index contributed by atoms with van der Waals surface area (Å²) in [6.07, 6.45) is -4.89. The Morgan fingerprint density at radius 3 is 2.19 bits per heavy atom. The fourth-order valence-electron chi connectivity index (χ4n) is 4.20. The minimum atomic E-state index is -4.55. The van der Waals surface area contributed by atoms with E-state index >= 15 is 0 Å². The Kier molecular flexibility index (Phi) is 8.97. The fraction of sp³-hybridized carbons (Fsp3) is 0.310. The number of aliphatic carboxylic acids is 1. The van der Waals surface area contributed by atoms with Crippen molar-refractivity contribution in [3.63, 3.8) is 0 Å². The van der Waals surface area contributed by atoms with E-state index in [0.29, 0.717) is 28.9 Å². The van der Waals surface area contributed by atoms with Crippen molar-refractivity contribution >= 4 is 11.9 Å². The van der Waals surface area contributed by atoms with Gasteiger partial charge >= 0.3 is 12.1 Å². The maximum absolute atomic E-state index is 14.3. The normalized spacial score (nSPS) is 12.3. The molecule has 0 bridgehead atoms. The van der Waals surface area contributed by atoms with Crippen LogP contribution < -0.4 is 10.1 Å². The Hall–Kier alpha value is -3.81. The highest BCUT2D eigenvalue weighted by atomic mass is 19.4. The number of carbonyl (C=O) groups is 2. The van der Waals surface area contributed by atoms with Crippen LogP contribution in [0.25, 0.3) is 11.1 Å². The molecule has 0 aliphatic rings. The van der Waals surface area contributed by atoms with E-state index in [1.807, 2.05) is 13.8 Å². The van der Waals surface area contributed by atoms with Gasteiger partial charge < -0.3 is 15.2 Å². The Bertz CT molecular complexity index is 1220. The van der Waals surface area contributed by atoms with E-state index in [4.69, 9.17) is 9.84 Å². The molecular weight excluding hydrogens is 483 g/mol. The lowest BCUT2D eigenvalue weighted by molar-refractivity contribution is -0.138. The summed E-state index contributed by atoms with van der Waals surface area (Å²) in [6, 6.07) is 17.9. The molecule has 1 unspecified atom stereocenters. The lowest BCUT2D eigenvalue weighted by Crippen LogP contribution is -2.25. The van der Waals surface area contributed by atoms with Crippen LogP contribution in [-0.4, -0.2) is 23.5 Å². The quantitative estimate of drug-likeness (QED) is 0.305. The fourth-order valence-corrected chi connectivity index (χ4v) is 4.20. The molecule has 3 aromatic rings.